The number of nitrogens with zero attached hydrogens (tertiary/aromatic N) is 2. The van der Waals surface area contributed by atoms with Crippen molar-refractivity contribution in [3.05, 3.63) is 48.4 Å². The summed E-state index contributed by atoms with van der Waals surface area (Å²) >= 11 is 3.27. The van der Waals surface area contributed by atoms with Gasteiger partial charge in [0.15, 0.2) is 15.8 Å². The number of amides is 1. The molecule has 5 nitrogen and oxygen atoms in total. The molecule has 0 unspecified atom stereocenters. The molecule has 1 N–H and O–H groups in total. The third-order valence-corrected chi connectivity index (χ3v) is 5.79. The van der Waals surface area contributed by atoms with Crippen LogP contribution < -0.4 is 5.32 Å². The number of aromatic nitrogens is 2. The van der Waals surface area contributed by atoms with Crippen molar-refractivity contribution in [2.75, 3.05) is 11.1 Å². The molecule has 4 rings (SSSR count). The number of oxazole rings is 1. The van der Waals surface area contributed by atoms with E-state index in [1.54, 1.807) is 30.0 Å². The highest BCUT2D eigenvalue weighted by Crippen LogP contribution is 2.29. The maximum Gasteiger partial charge on any atom is 0.225 e. The molecule has 2 aromatic heterocycles. The Labute approximate surface area is 152 Å². The minimum atomic E-state index is -0.0202. The average Bonchev–Trinajstić information content (AvgIpc) is 3.16. The van der Waals surface area contributed by atoms with Crippen LogP contribution >= 0.6 is 23.1 Å². The van der Waals surface area contributed by atoms with Crippen molar-refractivity contribution in [3.8, 4) is 0 Å². The standard InChI is InChI=1S/C18H15N3O2S2/c1-11-19-14-10-12(6-7-15(14)23-11)20-17(22)8-9-24-18-21-13-4-2-3-5-16(13)25-18/h2-7,10H,8-9H2,1H3,(H,20,22). The first-order valence-corrected chi connectivity index (χ1v) is 9.63. The molecule has 25 heavy (non-hydrogen) atoms. The number of thioether (sulfide) groups is 1. The van der Waals surface area contributed by atoms with E-state index in [2.05, 4.69) is 21.4 Å². The lowest BCUT2D eigenvalue weighted by atomic mass is 10.3. The van der Waals surface area contributed by atoms with Gasteiger partial charge in [-0.2, -0.15) is 0 Å². The number of hydrogen-bond acceptors (Lipinski definition) is 6. The number of nitrogens with one attached hydrogen (secondary N) is 1. The van der Waals surface area contributed by atoms with Gasteiger partial charge < -0.3 is 9.73 Å². The molecule has 0 saturated heterocycles. The summed E-state index contributed by atoms with van der Waals surface area (Å²) in [7, 11) is 0. The van der Waals surface area contributed by atoms with Crippen LogP contribution in [0.5, 0.6) is 0 Å². The number of rotatable bonds is 5. The molecule has 0 atom stereocenters. The maximum atomic E-state index is 12.1. The van der Waals surface area contributed by atoms with Crippen LogP contribution in [0.15, 0.2) is 51.2 Å². The van der Waals surface area contributed by atoms with Crippen molar-refractivity contribution in [2.45, 2.75) is 17.7 Å². The predicted octanol–water partition coefficient (Wildman–Crippen LogP) is 4.87. The summed E-state index contributed by atoms with van der Waals surface area (Å²) < 4.78 is 7.60. The van der Waals surface area contributed by atoms with Crippen molar-refractivity contribution < 1.29 is 9.21 Å². The van der Waals surface area contributed by atoms with Crippen LogP contribution in [-0.2, 0) is 4.79 Å². The Morgan fingerprint density at radius 1 is 1.20 bits per heavy atom. The number of carbonyl (C=O) groups excluding carboxylic acids is 1. The van der Waals surface area contributed by atoms with E-state index >= 15 is 0 Å². The molecule has 126 valence electrons. The second-order valence-corrected chi connectivity index (χ2v) is 7.88. The summed E-state index contributed by atoms with van der Waals surface area (Å²) in [5.41, 5.74) is 3.22. The van der Waals surface area contributed by atoms with Crippen molar-refractivity contribution in [2.24, 2.45) is 0 Å². The summed E-state index contributed by atoms with van der Waals surface area (Å²) in [6, 6.07) is 13.5. The third-order valence-electron chi connectivity index (χ3n) is 3.61. The zero-order chi connectivity index (χ0) is 17.2. The molecule has 7 heteroatoms. The first-order chi connectivity index (χ1) is 12.2. The lowest BCUT2D eigenvalue weighted by Gasteiger charge is -2.04. The Kier molecular flexibility index (Phi) is 4.42. The molecular weight excluding hydrogens is 354 g/mol. The van der Waals surface area contributed by atoms with Crippen LogP contribution in [0.1, 0.15) is 12.3 Å². The second kappa shape index (κ2) is 6.85. The average molecular weight is 369 g/mol. The Balaban J connectivity index is 1.33. The highest BCUT2D eigenvalue weighted by atomic mass is 32.2. The summed E-state index contributed by atoms with van der Waals surface area (Å²) in [4.78, 5) is 21.0. The normalized spacial score (nSPS) is 11.2. The van der Waals surface area contributed by atoms with Crippen LogP contribution in [0, 0.1) is 6.92 Å². The number of fused-ring (bicyclic) bond motifs is 2. The first-order valence-electron chi connectivity index (χ1n) is 7.83. The van der Waals surface area contributed by atoms with E-state index in [1.807, 2.05) is 36.4 Å². The Morgan fingerprint density at radius 2 is 2.08 bits per heavy atom. The zero-order valence-corrected chi connectivity index (χ0v) is 15.1. The van der Waals surface area contributed by atoms with Gasteiger partial charge in [0.05, 0.1) is 10.2 Å². The van der Waals surface area contributed by atoms with Crippen molar-refractivity contribution in [3.63, 3.8) is 0 Å². The molecule has 0 aliphatic rings. The molecule has 0 aliphatic heterocycles. The van der Waals surface area contributed by atoms with Crippen LogP contribution in [0.25, 0.3) is 21.3 Å². The quantitative estimate of drug-likeness (QED) is 0.509. The van der Waals surface area contributed by atoms with Gasteiger partial charge in [0.2, 0.25) is 5.91 Å². The summed E-state index contributed by atoms with van der Waals surface area (Å²) in [5, 5.41) is 2.91. The molecule has 0 saturated carbocycles. The molecular formula is C18H15N3O2S2. The minimum absolute atomic E-state index is 0.0202. The number of aryl methyl sites for hydroxylation is 1. The lowest BCUT2D eigenvalue weighted by molar-refractivity contribution is -0.115. The number of para-hydroxylation sites is 1. The third kappa shape index (κ3) is 3.67. The van der Waals surface area contributed by atoms with Crippen molar-refractivity contribution >= 4 is 56.0 Å². The zero-order valence-electron chi connectivity index (χ0n) is 13.5. The van der Waals surface area contributed by atoms with E-state index in [-0.39, 0.29) is 5.91 Å². The molecule has 2 aromatic carbocycles. The number of carbonyl (C=O) groups is 1. The van der Waals surface area contributed by atoms with Crippen LogP contribution in [0.4, 0.5) is 5.69 Å². The maximum absolute atomic E-state index is 12.1. The fourth-order valence-corrected chi connectivity index (χ4v) is 4.56. The van der Waals surface area contributed by atoms with Crippen molar-refractivity contribution in [1.29, 1.82) is 0 Å². The number of benzene rings is 2. The smallest absolute Gasteiger partial charge is 0.225 e. The van der Waals surface area contributed by atoms with Crippen LogP contribution in [0.3, 0.4) is 0 Å². The predicted molar refractivity (Wildman–Crippen MR) is 102 cm³/mol. The van der Waals surface area contributed by atoms with E-state index in [1.165, 1.54) is 4.70 Å². The van der Waals surface area contributed by atoms with E-state index in [0.29, 0.717) is 18.1 Å². The summed E-state index contributed by atoms with van der Waals surface area (Å²) in [5.74, 6) is 1.29. The number of thiazole rings is 1. The molecule has 0 fully saturated rings. The summed E-state index contributed by atoms with van der Waals surface area (Å²) in [6.45, 7) is 1.80. The molecule has 0 aliphatic carbocycles. The SMILES string of the molecule is Cc1nc2cc(NC(=O)CCSc3nc4ccccc4s3)ccc2o1. The summed E-state index contributed by atoms with van der Waals surface area (Å²) in [6.07, 6.45) is 0.427. The Hall–Kier alpha value is -2.38. The van der Waals surface area contributed by atoms with E-state index in [0.717, 1.165) is 26.6 Å². The molecule has 0 radical (unpaired) electrons. The molecule has 4 aromatic rings. The minimum Gasteiger partial charge on any atom is -0.441 e. The van der Waals surface area contributed by atoms with Gasteiger partial charge in [0.1, 0.15) is 5.52 Å². The van der Waals surface area contributed by atoms with E-state index < -0.39 is 0 Å². The van der Waals surface area contributed by atoms with Gasteiger partial charge in [-0.25, -0.2) is 9.97 Å². The largest absolute Gasteiger partial charge is 0.441 e. The van der Waals surface area contributed by atoms with Gasteiger partial charge in [-0.05, 0) is 30.3 Å². The van der Waals surface area contributed by atoms with E-state index in [9.17, 15) is 4.79 Å². The van der Waals surface area contributed by atoms with Gasteiger partial charge in [-0.3, -0.25) is 4.79 Å². The highest BCUT2D eigenvalue weighted by Gasteiger charge is 2.08. The molecule has 0 spiro atoms. The second-order valence-electron chi connectivity index (χ2n) is 5.51. The van der Waals surface area contributed by atoms with Crippen LogP contribution in [-0.4, -0.2) is 21.6 Å². The van der Waals surface area contributed by atoms with Crippen molar-refractivity contribution in [1.82, 2.24) is 9.97 Å². The number of hydrogen-bond donors (Lipinski definition) is 1. The fraction of sp³-hybridized carbons (Fsp3) is 0.167. The van der Waals surface area contributed by atoms with Gasteiger partial charge >= 0.3 is 0 Å². The lowest BCUT2D eigenvalue weighted by Crippen LogP contribution is -2.12. The first kappa shape index (κ1) is 16.1. The number of anilines is 1. The van der Waals surface area contributed by atoms with Crippen LogP contribution in [0.2, 0.25) is 0 Å². The molecule has 2 heterocycles. The van der Waals surface area contributed by atoms with Gasteiger partial charge in [0, 0.05) is 24.8 Å². The topological polar surface area (TPSA) is 68.0 Å². The van der Waals surface area contributed by atoms with E-state index in [4.69, 9.17) is 4.42 Å². The molecule has 1 amide bonds. The Bertz CT molecular complexity index is 1020. The monoisotopic (exact) mass is 369 g/mol. The Morgan fingerprint density at radius 3 is 2.96 bits per heavy atom. The van der Waals surface area contributed by atoms with Gasteiger partial charge in [0.25, 0.3) is 0 Å². The highest BCUT2D eigenvalue weighted by molar-refractivity contribution is 8.01. The fourth-order valence-electron chi connectivity index (χ4n) is 2.49. The molecule has 0 bridgehead atoms. The van der Waals surface area contributed by atoms with Gasteiger partial charge in [-0.1, -0.05) is 23.9 Å². The van der Waals surface area contributed by atoms with Gasteiger partial charge in [-0.15, -0.1) is 11.3 Å².